The van der Waals surface area contributed by atoms with Gasteiger partial charge in [-0.2, -0.15) is 0 Å². The average Bonchev–Trinajstić information content (AvgIpc) is 2.61. The van der Waals surface area contributed by atoms with E-state index in [1.165, 1.54) is 24.3 Å². The molecular weight excluding hydrogens is 372 g/mol. The van der Waals surface area contributed by atoms with E-state index in [-0.39, 0.29) is 22.9 Å². The molecule has 0 spiro atoms. The summed E-state index contributed by atoms with van der Waals surface area (Å²) in [6.45, 7) is 5.55. The van der Waals surface area contributed by atoms with Gasteiger partial charge in [0, 0.05) is 16.6 Å². The molecule has 2 unspecified atom stereocenters. The van der Waals surface area contributed by atoms with Gasteiger partial charge in [-0.3, -0.25) is 4.79 Å². The summed E-state index contributed by atoms with van der Waals surface area (Å²) in [4.78, 5) is 12.5. The summed E-state index contributed by atoms with van der Waals surface area (Å²) in [5.41, 5.74) is 1.20. The largest absolute Gasteiger partial charge is 0.345 e. The highest BCUT2D eigenvalue weighted by Crippen LogP contribution is 2.22. The van der Waals surface area contributed by atoms with Crippen molar-refractivity contribution in [1.29, 1.82) is 0 Å². The lowest BCUT2D eigenvalue weighted by Gasteiger charge is -2.16. The molecular formula is C19H23ClN2O3S. The first-order valence-electron chi connectivity index (χ1n) is 8.42. The van der Waals surface area contributed by atoms with Crippen LogP contribution in [0.1, 0.15) is 49.2 Å². The van der Waals surface area contributed by atoms with Gasteiger partial charge in [0.2, 0.25) is 10.0 Å². The molecule has 0 heterocycles. The van der Waals surface area contributed by atoms with Crippen LogP contribution in [0, 0.1) is 0 Å². The first-order chi connectivity index (χ1) is 12.2. The number of sulfonamides is 1. The summed E-state index contributed by atoms with van der Waals surface area (Å²) in [5.74, 6) is -0.295. The Morgan fingerprint density at radius 3 is 2.27 bits per heavy atom. The maximum atomic E-state index is 12.4. The van der Waals surface area contributed by atoms with E-state index >= 15 is 0 Å². The number of carbonyl (C=O) groups is 1. The van der Waals surface area contributed by atoms with E-state index in [0.717, 1.165) is 5.56 Å². The lowest BCUT2D eigenvalue weighted by atomic mass is 10.1. The Hall–Kier alpha value is -1.89. The minimum absolute atomic E-state index is 0.133. The van der Waals surface area contributed by atoms with Gasteiger partial charge < -0.3 is 5.32 Å². The van der Waals surface area contributed by atoms with Gasteiger partial charge in [0.05, 0.1) is 10.9 Å². The molecule has 2 atom stereocenters. The van der Waals surface area contributed by atoms with Crippen LogP contribution in [0.25, 0.3) is 0 Å². The Labute approximate surface area is 159 Å². The van der Waals surface area contributed by atoms with Crippen LogP contribution in [0.3, 0.4) is 0 Å². The monoisotopic (exact) mass is 394 g/mol. The van der Waals surface area contributed by atoms with Gasteiger partial charge in [0.1, 0.15) is 0 Å². The minimum atomic E-state index is -3.58. The zero-order valence-corrected chi connectivity index (χ0v) is 16.6. The second kappa shape index (κ2) is 8.66. The fourth-order valence-corrected chi connectivity index (χ4v) is 4.01. The number of hydrogen-bond acceptors (Lipinski definition) is 3. The van der Waals surface area contributed by atoms with Crippen molar-refractivity contribution in [1.82, 2.24) is 10.0 Å². The molecule has 0 bridgehead atoms. The summed E-state index contributed by atoms with van der Waals surface area (Å²) in [6.07, 6.45) is 0.694. The third-order valence-corrected chi connectivity index (χ3v) is 6.06. The van der Waals surface area contributed by atoms with Gasteiger partial charge in [-0.25, -0.2) is 13.1 Å². The highest BCUT2D eigenvalue weighted by molar-refractivity contribution is 7.89. The van der Waals surface area contributed by atoms with Gasteiger partial charge in [0.25, 0.3) is 5.91 Å². The van der Waals surface area contributed by atoms with Gasteiger partial charge in [-0.05, 0) is 56.2 Å². The number of amides is 1. The van der Waals surface area contributed by atoms with Gasteiger partial charge in [-0.15, -0.1) is 0 Å². The molecule has 5 nitrogen and oxygen atoms in total. The maximum absolute atomic E-state index is 12.4. The van der Waals surface area contributed by atoms with Crippen LogP contribution < -0.4 is 10.0 Å². The molecule has 140 valence electrons. The minimum Gasteiger partial charge on any atom is -0.345 e. The van der Waals surface area contributed by atoms with Crippen molar-refractivity contribution in [3.8, 4) is 0 Å². The zero-order chi connectivity index (χ0) is 19.3. The van der Waals surface area contributed by atoms with E-state index in [1.54, 1.807) is 13.0 Å². The molecule has 0 radical (unpaired) electrons. The normalized spacial score (nSPS) is 13.8. The summed E-state index contributed by atoms with van der Waals surface area (Å²) in [7, 11) is -3.58. The van der Waals surface area contributed by atoms with E-state index < -0.39 is 10.0 Å². The van der Waals surface area contributed by atoms with E-state index in [2.05, 4.69) is 10.0 Å². The van der Waals surface area contributed by atoms with Crippen molar-refractivity contribution in [2.24, 2.45) is 0 Å². The molecule has 0 aliphatic heterocycles. The number of carbonyl (C=O) groups excluding carboxylic acids is 1. The summed E-state index contributed by atoms with van der Waals surface area (Å²) >= 11 is 6.15. The number of nitrogens with one attached hydrogen (secondary N) is 2. The Kier molecular flexibility index (Phi) is 6.81. The lowest BCUT2D eigenvalue weighted by Crippen LogP contribution is -2.32. The first-order valence-corrected chi connectivity index (χ1v) is 10.3. The Bertz CT molecular complexity index is 867. The maximum Gasteiger partial charge on any atom is 0.251 e. The van der Waals surface area contributed by atoms with Crippen LogP contribution in [0.2, 0.25) is 5.02 Å². The first kappa shape index (κ1) is 20.4. The molecule has 0 aliphatic rings. The van der Waals surface area contributed by atoms with E-state index in [0.29, 0.717) is 17.0 Å². The molecule has 2 aromatic carbocycles. The summed E-state index contributed by atoms with van der Waals surface area (Å²) < 4.78 is 27.1. The van der Waals surface area contributed by atoms with Crippen LogP contribution in [0.4, 0.5) is 0 Å². The topological polar surface area (TPSA) is 75.3 Å². The molecule has 2 rings (SSSR count). The van der Waals surface area contributed by atoms with Crippen LogP contribution >= 0.6 is 11.6 Å². The lowest BCUT2D eigenvalue weighted by molar-refractivity contribution is 0.0940. The quantitative estimate of drug-likeness (QED) is 0.747. The van der Waals surface area contributed by atoms with Crippen molar-refractivity contribution in [3.63, 3.8) is 0 Å². The van der Waals surface area contributed by atoms with Crippen molar-refractivity contribution in [2.75, 3.05) is 0 Å². The third-order valence-electron chi connectivity index (χ3n) is 4.11. The molecule has 0 aromatic heterocycles. The molecule has 7 heteroatoms. The second-order valence-electron chi connectivity index (χ2n) is 6.17. The second-order valence-corrected chi connectivity index (χ2v) is 8.29. The van der Waals surface area contributed by atoms with Crippen LogP contribution in [0.15, 0.2) is 53.4 Å². The van der Waals surface area contributed by atoms with Gasteiger partial charge >= 0.3 is 0 Å². The van der Waals surface area contributed by atoms with E-state index in [9.17, 15) is 13.2 Å². The van der Waals surface area contributed by atoms with E-state index in [4.69, 9.17) is 11.6 Å². The van der Waals surface area contributed by atoms with Crippen molar-refractivity contribution >= 4 is 27.5 Å². The predicted molar refractivity (Wildman–Crippen MR) is 104 cm³/mol. The molecule has 2 N–H and O–H groups in total. The fourth-order valence-electron chi connectivity index (χ4n) is 2.39. The van der Waals surface area contributed by atoms with Crippen molar-refractivity contribution in [2.45, 2.75) is 44.2 Å². The molecule has 0 saturated carbocycles. The van der Waals surface area contributed by atoms with Crippen LogP contribution in [-0.4, -0.2) is 20.4 Å². The SMILES string of the molecule is CCC(C)NS(=O)(=O)c1ccc(C(=O)NC(C)c2ccccc2Cl)cc1. The Morgan fingerprint density at radius 2 is 1.69 bits per heavy atom. The van der Waals surface area contributed by atoms with Gasteiger partial charge in [0.15, 0.2) is 0 Å². The molecule has 2 aromatic rings. The van der Waals surface area contributed by atoms with Crippen molar-refractivity contribution < 1.29 is 13.2 Å². The van der Waals surface area contributed by atoms with Crippen molar-refractivity contribution in [3.05, 3.63) is 64.7 Å². The van der Waals surface area contributed by atoms with Crippen LogP contribution in [0.5, 0.6) is 0 Å². The number of hydrogen-bond donors (Lipinski definition) is 2. The highest BCUT2D eigenvalue weighted by atomic mass is 35.5. The smallest absolute Gasteiger partial charge is 0.251 e. The zero-order valence-electron chi connectivity index (χ0n) is 15.0. The Balaban J connectivity index is 2.10. The number of rotatable bonds is 7. The summed E-state index contributed by atoms with van der Waals surface area (Å²) in [6, 6.07) is 12.7. The van der Waals surface area contributed by atoms with Crippen LogP contribution in [-0.2, 0) is 10.0 Å². The number of halogens is 1. The molecule has 0 fully saturated rings. The molecule has 0 saturated heterocycles. The average molecular weight is 395 g/mol. The molecule has 0 aliphatic carbocycles. The third kappa shape index (κ3) is 5.06. The Morgan fingerprint density at radius 1 is 1.08 bits per heavy atom. The number of benzene rings is 2. The molecule has 1 amide bonds. The summed E-state index contributed by atoms with van der Waals surface area (Å²) in [5, 5.41) is 3.45. The van der Waals surface area contributed by atoms with Gasteiger partial charge in [-0.1, -0.05) is 36.7 Å². The standard InChI is InChI=1S/C19H23ClN2O3S/c1-4-13(2)22-26(24,25)16-11-9-15(10-12-16)19(23)21-14(3)17-7-5-6-8-18(17)20/h5-14,22H,4H2,1-3H3,(H,21,23). The predicted octanol–water partition coefficient (Wildman–Crippen LogP) is 3.91. The fraction of sp³-hybridized carbons (Fsp3) is 0.316. The molecule has 26 heavy (non-hydrogen) atoms. The van der Waals surface area contributed by atoms with E-state index in [1.807, 2.05) is 32.0 Å². The highest BCUT2D eigenvalue weighted by Gasteiger charge is 2.18.